The van der Waals surface area contributed by atoms with Crippen LogP contribution < -0.4 is 14.4 Å². The number of methoxy groups -OCH3 is 1. The number of anilines is 1. The van der Waals surface area contributed by atoms with Crippen LogP contribution in [0.5, 0.6) is 5.75 Å². The number of ether oxygens (including phenoxy) is 1. The summed E-state index contributed by atoms with van der Waals surface area (Å²) in [6.07, 6.45) is 0.724. The predicted octanol–water partition coefficient (Wildman–Crippen LogP) is 5.18. The molecule has 2 atom stereocenters. The van der Waals surface area contributed by atoms with Crippen LogP contribution >= 0.6 is 11.6 Å². The van der Waals surface area contributed by atoms with Crippen LogP contribution in [0.2, 0.25) is 5.02 Å². The Morgan fingerprint density at radius 2 is 1.65 bits per heavy atom. The zero-order chi connectivity index (χ0) is 29.4. The van der Waals surface area contributed by atoms with E-state index in [4.69, 9.17) is 16.3 Å². The van der Waals surface area contributed by atoms with Gasteiger partial charge in [-0.05, 0) is 75.2 Å². The van der Waals surface area contributed by atoms with Gasteiger partial charge in [-0.15, -0.1) is 0 Å². The minimum absolute atomic E-state index is 0.0372. The molecule has 0 saturated heterocycles. The highest BCUT2D eigenvalue weighted by Crippen LogP contribution is 2.27. The molecule has 0 unspecified atom stereocenters. The molecule has 0 heterocycles. The zero-order valence-corrected chi connectivity index (χ0v) is 25.0. The number of carbonyl (C=O) groups excluding carboxylic acids is 2. The van der Waals surface area contributed by atoms with Crippen molar-refractivity contribution in [1.82, 2.24) is 10.2 Å². The third kappa shape index (κ3) is 7.76. The van der Waals surface area contributed by atoms with E-state index in [0.717, 1.165) is 21.9 Å². The average Bonchev–Trinajstić information content (AvgIpc) is 2.94. The molecule has 0 spiro atoms. The number of rotatable bonds is 12. The Morgan fingerprint density at radius 1 is 1.00 bits per heavy atom. The molecule has 0 saturated carbocycles. The Kier molecular flexibility index (Phi) is 10.6. The molecule has 214 valence electrons. The summed E-state index contributed by atoms with van der Waals surface area (Å²) in [7, 11) is -2.60. The molecule has 10 heteroatoms. The quantitative estimate of drug-likeness (QED) is 0.316. The molecule has 0 aliphatic heterocycles. The van der Waals surface area contributed by atoms with Crippen LogP contribution in [-0.2, 0) is 26.2 Å². The van der Waals surface area contributed by atoms with Crippen molar-refractivity contribution < 1.29 is 22.7 Å². The first kappa shape index (κ1) is 31.0. The van der Waals surface area contributed by atoms with Crippen LogP contribution in [-0.4, -0.2) is 50.9 Å². The van der Waals surface area contributed by atoms with Crippen LogP contribution in [0.1, 0.15) is 38.3 Å². The molecule has 0 aliphatic carbocycles. The molecule has 3 aromatic rings. The molecule has 3 rings (SSSR count). The number of hydrogen-bond acceptors (Lipinski definition) is 5. The number of amides is 2. The first-order valence-electron chi connectivity index (χ1n) is 13.0. The summed E-state index contributed by atoms with van der Waals surface area (Å²) in [5, 5.41) is 3.24. The lowest BCUT2D eigenvalue weighted by Crippen LogP contribution is -2.52. The number of nitrogens with one attached hydrogen (secondary N) is 1. The predicted molar refractivity (Wildman–Crippen MR) is 158 cm³/mol. The smallest absolute Gasteiger partial charge is 0.264 e. The first-order valence-corrected chi connectivity index (χ1v) is 14.9. The maximum absolute atomic E-state index is 14.0. The fourth-order valence-corrected chi connectivity index (χ4v) is 5.56. The van der Waals surface area contributed by atoms with Gasteiger partial charge in [0.15, 0.2) is 0 Å². The number of halogens is 1. The van der Waals surface area contributed by atoms with E-state index in [2.05, 4.69) is 5.32 Å². The Balaban J connectivity index is 2.02. The number of sulfonamides is 1. The van der Waals surface area contributed by atoms with Gasteiger partial charge in [-0.3, -0.25) is 13.9 Å². The van der Waals surface area contributed by atoms with E-state index in [1.807, 2.05) is 20.8 Å². The molecule has 0 aliphatic rings. The Bertz CT molecular complexity index is 1410. The summed E-state index contributed by atoms with van der Waals surface area (Å²) in [6, 6.07) is 18.9. The monoisotopic (exact) mass is 585 g/mol. The van der Waals surface area contributed by atoms with Crippen LogP contribution in [0.15, 0.2) is 77.7 Å². The van der Waals surface area contributed by atoms with Crippen molar-refractivity contribution in [3.63, 3.8) is 0 Å². The van der Waals surface area contributed by atoms with Crippen molar-refractivity contribution in [2.24, 2.45) is 0 Å². The van der Waals surface area contributed by atoms with E-state index in [9.17, 15) is 18.0 Å². The second kappa shape index (κ2) is 13.7. The van der Waals surface area contributed by atoms with Crippen LogP contribution in [0, 0.1) is 6.92 Å². The molecular weight excluding hydrogens is 550 g/mol. The largest absolute Gasteiger partial charge is 0.497 e. The number of benzene rings is 3. The minimum Gasteiger partial charge on any atom is -0.497 e. The topological polar surface area (TPSA) is 96.0 Å². The number of nitrogens with zero attached hydrogens (tertiary/aromatic N) is 2. The summed E-state index contributed by atoms with van der Waals surface area (Å²) >= 11 is 6.21. The second-order valence-electron chi connectivity index (χ2n) is 9.67. The van der Waals surface area contributed by atoms with Gasteiger partial charge in [0.2, 0.25) is 11.8 Å². The molecule has 0 radical (unpaired) electrons. The van der Waals surface area contributed by atoms with Gasteiger partial charge >= 0.3 is 0 Å². The molecule has 0 bridgehead atoms. The zero-order valence-electron chi connectivity index (χ0n) is 23.4. The van der Waals surface area contributed by atoms with Gasteiger partial charge < -0.3 is 15.0 Å². The van der Waals surface area contributed by atoms with Crippen LogP contribution in [0.3, 0.4) is 0 Å². The lowest BCUT2D eigenvalue weighted by Gasteiger charge is -2.32. The van der Waals surface area contributed by atoms with Gasteiger partial charge in [-0.2, -0.15) is 0 Å². The fraction of sp³-hybridized carbons (Fsp3) is 0.333. The van der Waals surface area contributed by atoms with Gasteiger partial charge in [0, 0.05) is 17.6 Å². The van der Waals surface area contributed by atoms with Crippen molar-refractivity contribution in [3.05, 3.63) is 88.9 Å². The number of carbonyl (C=O) groups is 2. The number of hydrogen-bond donors (Lipinski definition) is 1. The molecule has 3 aromatic carbocycles. The molecule has 0 aromatic heterocycles. The molecule has 40 heavy (non-hydrogen) atoms. The highest BCUT2D eigenvalue weighted by molar-refractivity contribution is 7.92. The highest BCUT2D eigenvalue weighted by Gasteiger charge is 2.32. The Labute approximate surface area is 241 Å². The standard InChI is InChI=1S/C30H36ClN3O5S/c1-6-22(3)32-30(36)23(4)33(19-24-12-14-27(39-5)15-13-24)29(35)20-34(26-9-7-8-25(31)18-26)40(37,38)28-16-10-21(2)11-17-28/h7-18,22-23H,6,19-20H2,1-5H3,(H,32,36)/t22-,23-/m1/s1. The summed E-state index contributed by atoms with van der Waals surface area (Å²) in [5.74, 6) is -0.217. The van der Waals surface area contributed by atoms with Gasteiger partial charge in [-0.1, -0.05) is 54.4 Å². The van der Waals surface area contributed by atoms with Crippen molar-refractivity contribution in [2.45, 2.75) is 57.6 Å². The number of aryl methyl sites for hydroxylation is 1. The SMILES string of the molecule is CC[C@@H](C)NC(=O)[C@@H](C)N(Cc1ccc(OC)cc1)C(=O)CN(c1cccc(Cl)c1)S(=O)(=O)c1ccc(C)cc1. The summed E-state index contributed by atoms with van der Waals surface area (Å²) in [6.45, 7) is 6.89. The van der Waals surface area contributed by atoms with Crippen molar-refractivity contribution in [3.8, 4) is 5.75 Å². The minimum atomic E-state index is -4.16. The lowest BCUT2D eigenvalue weighted by molar-refractivity contribution is -0.139. The van der Waals surface area contributed by atoms with Gasteiger partial charge in [0.25, 0.3) is 10.0 Å². The molecule has 2 amide bonds. The molecule has 1 N–H and O–H groups in total. The Morgan fingerprint density at radius 3 is 2.23 bits per heavy atom. The van der Waals surface area contributed by atoms with Gasteiger partial charge in [0.1, 0.15) is 18.3 Å². The van der Waals surface area contributed by atoms with Crippen molar-refractivity contribution in [1.29, 1.82) is 0 Å². The first-order chi connectivity index (χ1) is 19.0. The fourth-order valence-electron chi connectivity index (χ4n) is 3.97. The summed E-state index contributed by atoms with van der Waals surface area (Å²) < 4.78 is 34.0. The van der Waals surface area contributed by atoms with E-state index in [-0.39, 0.29) is 29.1 Å². The molecule has 0 fully saturated rings. The maximum Gasteiger partial charge on any atom is 0.264 e. The van der Waals surface area contributed by atoms with E-state index in [1.54, 1.807) is 68.6 Å². The summed E-state index contributed by atoms with van der Waals surface area (Å²) in [4.78, 5) is 28.5. The van der Waals surface area contributed by atoms with E-state index >= 15 is 0 Å². The maximum atomic E-state index is 14.0. The van der Waals surface area contributed by atoms with Crippen molar-refractivity contribution >= 4 is 39.1 Å². The average molecular weight is 586 g/mol. The van der Waals surface area contributed by atoms with E-state index < -0.39 is 28.5 Å². The molecular formula is C30H36ClN3O5S. The highest BCUT2D eigenvalue weighted by atomic mass is 35.5. The third-order valence-corrected chi connectivity index (χ3v) is 8.69. The summed E-state index contributed by atoms with van der Waals surface area (Å²) in [5.41, 5.74) is 1.90. The van der Waals surface area contributed by atoms with E-state index in [1.165, 1.54) is 23.1 Å². The van der Waals surface area contributed by atoms with Crippen molar-refractivity contribution in [2.75, 3.05) is 18.0 Å². The van der Waals surface area contributed by atoms with E-state index in [0.29, 0.717) is 10.8 Å². The Hall–Kier alpha value is -3.56. The molecule has 8 nitrogen and oxygen atoms in total. The third-order valence-electron chi connectivity index (χ3n) is 6.66. The van der Waals surface area contributed by atoms with Crippen LogP contribution in [0.25, 0.3) is 0 Å². The van der Waals surface area contributed by atoms with Crippen LogP contribution in [0.4, 0.5) is 5.69 Å². The van der Waals surface area contributed by atoms with Gasteiger partial charge in [0.05, 0.1) is 17.7 Å². The normalized spacial score (nSPS) is 12.8. The lowest BCUT2D eigenvalue weighted by atomic mass is 10.1. The second-order valence-corrected chi connectivity index (χ2v) is 12.0. The van der Waals surface area contributed by atoms with Gasteiger partial charge in [-0.25, -0.2) is 8.42 Å².